The molecule has 10 nitrogen and oxygen atoms in total. The highest BCUT2D eigenvalue weighted by molar-refractivity contribution is 6.91. The summed E-state index contributed by atoms with van der Waals surface area (Å²) in [7, 11) is -0.824. The molecule has 48 heavy (non-hydrogen) atoms. The van der Waals surface area contributed by atoms with E-state index in [1.807, 2.05) is 54.6 Å². The molecule has 3 aliphatic heterocycles. The second kappa shape index (κ2) is 13.8. The number of carbonyl (C=O) groups is 3. The van der Waals surface area contributed by atoms with Gasteiger partial charge < -0.3 is 35.4 Å². The zero-order valence-corrected chi connectivity index (χ0v) is 29.1. The molecule has 6 rings (SSSR count). The summed E-state index contributed by atoms with van der Waals surface area (Å²) in [5, 5.41) is 20.4. The molecular formula is C37H46N4O6Si. The number of aliphatic hydroxyl groups is 1. The Morgan fingerprint density at radius 1 is 1.10 bits per heavy atom. The molecule has 1 spiro atoms. The Morgan fingerprint density at radius 3 is 2.52 bits per heavy atom. The molecule has 0 aliphatic carbocycles. The summed E-state index contributed by atoms with van der Waals surface area (Å²) in [6.45, 7) is 7.79. The van der Waals surface area contributed by atoms with Crippen molar-refractivity contribution in [1.82, 2.24) is 10.2 Å². The van der Waals surface area contributed by atoms with Crippen LogP contribution in [0.25, 0.3) is 0 Å². The molecule has 3 heterocycles. The van der Waals surface area contributed by atoms with Gasteiger partial charge in [0, 0.05) is 35.9 Å². The highest BCUT2D eigenvalue weighted by Gasteiger charge is 2.65. The Kier molecular flexibility index (Phi) is 9.75. The number of benzene rings is 3. The van der Waals surface area contributed by atoms with E-state index in [0.717, 1.165) is 30.7 Å². The summed E-state index contributed by atoms with van der Waals surface area (Å²) in [6.07, 6.45) is 1.21. The Morgan fingerprint density at radius 2 is 1.85 bits per heavy atom. The fourth-order valence-electron chi connectivity index (χ4n) is 8.07. The van der Waals surface area contributed by atoms with Gasteiger partial charge in [0.05, 0.1) is 40.4 Å². The van der Waals surface area contributed by atoms with E-state index in [9.17, 15) is 19.5 Å². The van der Waals surface area contributed by atoms with Crippen molar-refractivity contribution in [3.63, 3.8) is 0 Å². The number of nitrogens with zero attached hydrogens (tertiary/aromatic N) is 1. The SMILES string of the molecule is COc1ccc([Si](C)(C)[C@@H]2[C@@H](CC(=O)N(CCO)Cc3ccccc3)O[C@]3(C(=O)Nc4ccc(NC(=O)[C@H]5CCCN5)cc43)[C@H]2C)cc1. The van der Waals surface area contributed by atoms with Crippen molar-refractivity contribution in [2.24, 2.45) is 5.92 Å². The van der Waals surface area contributed by atoms with Crippen LogP contribution >= 0.6 is 0 Å². The van der Waals surface area contributed by atoms with E-state index in [4.69, 9.17) is 9.47 Å². The van der Waals surface area contributed by atoms with Crippen LogP contribution in [0, 0.1) is 5.92 Å². The van der Waals surface area contributed by atoms with Crippen LogP contribution in [0.4, 0.5) is 11.4 Å². The summed E-state index contributed by atoms with van der Waals surface area (Å²) < 4.78 is 12.4. The van der Waals surface area contributed by atoms with E-state index in [1.54, 1.807) is 18.1 Å². The van der Waals surface area contributed by atoms with Gasteiger partial charge in [-0.15, -0.1) is 0 Å². The van der Waals surface area contributed by atoms with Gasteiger partial charge in [0.25, 0.3) is 5.91 Å². The van der Waals surface area contributed by atoms with E-state index in [-0.39, 0.29) is 54.8 Å². The van der Waals surface area contributed by atoms with Crippen LogP contribution in [0.2, 0.25) is 18.6 Å². The molecule has 11 heteroatoms. The number of amides is 3. The number of methoxy groups -OCH3 is 1. The maximum atomic E-state index is 14.1. The van der Waals surface area contributed by atoms with Gasteiger partial charge >= 0.3 is 0 Å². The molecule has 0 unspecified atom stereocenters. The van der Waals surface area contributed by atoms with Crippen LogP contribution in [0.1, 0.15) is 37.3 Å². The van der Waals surface area contributed by atoms with Gasteiger partial charge in [-0.3, -0.25) is 14.4 Å². The normalized spacial score (nSPS) is 24.7. The molecule has 254 valence electrons. The number of rotatable bonds is 11. The first-order chi connectivity index (χ1) is 23.1. The number of hydrogen-bond donors (Lipinski definition) is 4. The Balaban J connectivity index is 1.37. The minimum absolute atomic E-state index is 0.0581. The first-order valence-corrected chi connectivity index (χ1v) is 19.9. The van der Waals surface area contributed by atoms with Crippen molar-refractivity contribution in [3.8, 4) is 5.75 Å². The van der Waals surface area contributed by atoms with E-state index in [2.05, 4.69) is 48.1 Å². The molecule has 0 saturated carbocycles. The Labute approximate surface area is 283 Å². The van der Waals surface area contributed by atoms with Gasteiger partial charge in [-0.25, -0.2) is 0 Å². The summed E-state index contributed by atoms with van der Waals surface area (Å²) in [5.41, 5.74) is 1.39. The third kappa shape index (κ3) is 6.27. The van der Waals surface area contributed by atoms with Gasteiger partial charge in [-0.2, -0.15) is 0 Å². The first kappa shape index (κ1) is 33.9. The van der Waals surface area contributed by atoms with Crippen molar-refractivity contribution in [2.75, 3.05) is 37.4 Å². The lowest BCUT2D eigenvalue weighted by Gasteiger charge is -2.37. The number of ether oxygens (including phenoxy) is 2. The molecule has 3 aliphatic rings. The van der Waals surface area contributed by atoms with Gasteiger partial charge in [-0.1, -0.05) is 67.7 Å². The van der Waals surface area contributed by atoms with E-state index >= 15 is 0 Å². The lowest BCUT2D eigenvalue weighted by molar-refractivity contribution is -0.148. The van der Waals surface area contributed by atoms with Crippen LogP contribution in [-0.2, 0) is 31.3 Å². The zero-order chi connectivity index (χ0) is 34.1. The van der Waals surface area contributed by atoms with Crippen molar-refractivity contribution < 1.29 is 29.0 Å². The highest BCUT2D eigenvalue weighted by atomic mass is 28.3. The maximum absolute atomic E-state index is 14.1. The quantitative estimate of drug-likeness (QED) is 0.228. The number of aliphatic hydroxyl groups excluding tert-OH is 1. The molecule has 2 saturated heterocycles. The number of fused-ring (bicyclic) bond motifs is 2. The summed E-state index contributed by atoms with van der Waals surface area (Å²) in [4.78, 5) is 42.9. The van der Waals surface area contributed by atoms with Gasteiger partial charge in [0.2, 0.25) is 11.8 Å². The second-order valence-corrected chi connectivity index (χ2v) is 18.4. The number of anilines is 2. The monoisotopic (exact) mass is 670 g/mol. The van der Waals surface area contributed by atoms with Crippen LogP contribution in [0.5, 0.6) is 5.75 Å². The maximum Gasteiger partial charge on any atom is 0.261 e. The summed E-state index contributed by atoms with van der Waals surface area (Å²) in [6, 6.07) is 23.0. The van der Waals surface area contributed by atoms with Gasteiger partial charge in [0.1, 0.15) is 5.75 Å². The van der Waals surface area contributed by atoms with Gasteiger partial charge in [0.15, 0.2) is 5.60 Å². The molecule has 4 N–H and O–H groups in total. The smallest absolute Gasteiger partial charge is 0.261 e. The minimum atomic E-state index is -2.46. The van der Waals surface area contributed by atoms with Crippen molar-refractivity contribution in [3.05, 3.63) is 83.9 Å². The first-order valence-electron chi connectivity index (χ1n) is 16.8. The third-order valence-corrected chi connectivity index (χ3v) is 14.9. The fourth-order valence-corrected chi connectivity index (χ4v) is 12.1. The predicted octanol–water partition coefficient (Wildman–Crippen LogP) is 3.97. The van der Waals surface area contributed by atoms with Gasteiger partial charge in [-0.05, 0) is 60.8 Å². The zero-order valence-electron chi connectivity index (χ0n) is 28.1. The van der Waals surface area contributed by atoms with Crippen LogP contribution in [0.3, 0.4) is 0 Å². The molecule has 0 bridgehead atoms. The highest BCUT2D eigenvalue weighted by Crippen LogP contribution is 2.59. The minimum Gasteiger partial charge on any atom is -0.497 e. The Bertz CT molecular complexity index is 1650. The van der Waals surface area contributed by atoms with Crippen molar-refractivity contribution >= 4 is 42.4 Å². The predicted molar refractivity (Wildman–Crippen MR) is 188 cm³/mol. The van der Waals surface area contributed by atoms with E-state index < -0.39 is 19.8 Å². The third-order valence-electron chi connectivity index (χ3n) is 10.5. The topological polar surface area (TPSA) is 129 Å². The lowest BCUT2D eigenvalue weighted by atomic mass is 9.82. The van der Waals surface area contributed by atoms with Crippen LogP contribution in [-0.4, -0.2) is 74.8 Å². The number of nitrogens with one attached hydrogen (secondary N) is 3. The molecule has 3 aromatic carbocycles. The number of carbonyl (C=O) groups excluding carboxylic acids is 3. The fraction of sp³-hybridized carbons (Fsp3) is 0.432. The average Bonchev–Trinajstić information content (AvgIpc) is 3.79. The number of hydrogen-bond acceptors (Lipinski definition) is 7. The largest absolute Gasteiger partial charge is 0.497 e. The van der Waals surface area contributed by atoms with Crippen LogP contribution in [0.15, 0.2) is 72.8 Å². The second-order valence-electron chi connectivity index (χ2n) is 13.7. The standard InChI is InChI=1S/C37H46N4O6Si/c1-24-34(48(3,4)28-15-13-27(46-2)14-16-28)32(22-33(43)41(19-20-42)23-25-9-6-5-7-10-25)47-37(24)29-21-26(12-17-30(29)40-36(37)45)39-35(44)31-11-8-18-38-31/h5-7,9-10,12-17,21,24,31-32,34,38,42H,8,11,18-20,22-23H2,1-4H3,(H,39,44)(H,40,45)/t24-,31+,32+,34-,37+/m0/s1. The van der Waals surface area contributed by atoms with E-state index in [1.165, 1.54) is 5.19 Å². The Hall–Kier alpha value is -4.03. The summed E-state index contributed by atoms with van der Waals surface area (Å²) >= 11 is 0. The molecule has 5 atom stereocenters. The molecule has 0 aromatic heterocycles. The van der Waals surface area contributed by atoms with Crippen molar-refractivity contribution in [2.45, 2.75) is 69.1 Å². The van der Waals surface area contributed by atoms with Crippen molar-refractivity contribution in [1.29, 1.82) is 0 Å². The van der Waals surface area contributed by atoms with Crippen LogP contribution < -0.4 is 25.9 Å². The molecule has 2 fully saturated rings. The molecular weight excluding hydrogens is 625 g/mol. The average molecular weight is 671 g/mol. The molecule has 0 radical (unpaired) electrons. The molecule has 3 aromatic rings. The molecule has 3 amide bonds. The summed E-state index contributed by atoms with van der Waals surface area (Å²) in [5.74, 6) is -0.0500. The lowest BCUT2D eigenvalue weighted by Crippen LogP contribution is -2.52. The van der Waals surface area contributed by atoms with E-state index in [0.29, 0.717) is 23.5 Å².